The van der Waals surface area contributed by atoms with Crippen LogP contribution in [0, 0.1) is 0 Å². The number of nitrogens with two attached hydrogens (primary N) is 1. The third-order valence-electron chi connectivity index (χ3n) is 1.31. The number of aromatic nitrogens is 3. The summed E-state index contributed by atoms with van der Waals surface area (Å²) < 4.78 is 14.2. The minimum atomic E-state index is -0.289. The van der Waals surface area contributed by atoms with E-state index in [1.807, 2.05) is 0 Å². The number of rotatable bonds is 3. The molecule has 1 heterocycles. The summed E-state index contributed by atoms with van der Waals surface area (Å²) in [6, 6.07) is 0. The maximum atomic E-state index is 12.8. The minimum Gasteiger partial charge on any atom is -0.327 e. The molecule has 0 saturated heterocycles. The Bertz CT molecular complexity index is 283. The first kappa shape index (κ1) is 8.93. The van der Waals surface area contributed by atoms with E-state index in [1.54, 1.807) is 14.0 Å². The Morgan fingerprint density at radius 2 is 2.58 bits per heavy atom. The van der Waals surface area contributed by atoms with Gasteiger partial charge in [-0.15, -0.1) is 5.10 Å². The number of halogens is 1. The van der Waals surface area contributed by atoms with Crippen molar-refractivity contribution in [1.29, 1.82) is 0 Å². The van der Waals surface area contributed by atoms with E-state index in [9.17, 15) is 4.39 Å². The molecule has 0 atom stereocenters. The summed E-state index contributed by atoms with van der Waals surface area (Å²) in [6.45, 7) is 0.317. The lowest BCUT2D eigenvalue weighted by Crippen LogP contribution is -2.03. The van der Waals surface area contributed by atoms with Gasteiger partial charge in [-0.05, 0) is 6.08 Å². The van der Waals surface area contributed by atoms with Gasteiger partial charge in [-0.25, -0.2) is 9.07 Å². The Morgan fingerprint density at radius 3 is 3.08 bits per heavy atom. The Kier molecular flexibility index (Phi) is 2.98. The molecule has 0 amide bonds. The van der Waals surface area contributed by atoms with Gasteiger partial charge < -0.3 is 5.73 Å². The molecule has 0 fully saturated rings. The highest BCUT2D eigenvalue weighted by atomic mass is 19.1. The zero-order valence-corrected chi connectivity index (χ0v) is 6.87. The first-order chi connectivity index (χ1) is 5.72. The predicted molar refractivity (Wildman–Crippen MR) is 46.4 cm³/mol. The maximum absolute atomic E-state index is 12.8. The van der Waals surface area contributed by atoms with Crippen molar-refractivity contribution in [2.75, 3.05) is 6.54 Å². The van der Waals surface area contributed by atoms with Crippen molar-refractivity contribution in [3.63, 3.8) is 0 Å². The van der Waals surface area contributed by atoms with Crippen LogP contribution in [0.1, 0.15) is 0 Å². The molecule has 2 N–H and O–H groups in total. The lowest BCUT2D eigenvalue weighted by molar-refractivity contribution is 0.516. The number of hydrogen-bond acceptors (Lipinski definition) is 3. The molecule has 0 unspecified atom stereocenters. The van der Waals surface area contributed by atoms with E-state index in [0.717, 1.165) is 5.59 Å². The number of hydrogen-bond donors (Lipinski definition) is 1. The van der Waals surface area contributed by atoms with E-state index < -0.39 is 0 Å². The van der Waals surface area contributed by atoms with E-state index in [-0.39, 0.29) is 18.9 Å². The predicted octanol–water partition coefficient (Wildman–Crippen LogP) is -1.65. The summed E-state index contributed by atoms with van der Waals surface area (Å²) in [5, 5.41) is 7.40. The third kappa shape index (κ3) is 2.46. The molecule has 64 valence electrons. The van der Waals surface area contributed by atoms with E-state index in [1.165, 1.54) is 10.8 Å². The topological polar surface area (TPSA) is 56.7 Å². The van der Waals surface area contributed by atoms with Crippen molar-refractivity contribution in [3.8, 4) is 0 Å². The Labute approximate surface area is 70.7 Å². The van der Waals surface area contributed by atoms with Crippen molar-refractivity contribution in [3.05, 3.63) is 18.1 Å². The van der Waals surface area contributed by atoms with Crippen molar-refractivity contribution in [2.24, 2.45) is 5.73 Å². The zero-order valence-electron chi connectivity index (χ0n) is 6.87. The molecule has 0 saturated carbocycles. The molecule has 0 aliphatic heterocycles. The van der Waals surface area contributed by atoms with Crippen LogP contribution in [0.3, 0.4) is 0 Å². The van der Waals surface area contributed by atoms with E-state index in [0.29, 0.717) is 0 Å². The van der Waals surface area contributed by atoms with Crippen molar-refractivity contribution >= 4 is 13.4 Å². The molecule has 1 aromatic rings. The normalized spacial score (nSPS) is 12.0. The van der Waals surface area contributed by atoms with Gasteiger partial charge in [0.2, 0.25) is 0 Å². The Hall–Kier alpha value is -1.17. The molecule has 0 aromatic carbocycles. The van der Waals surface area contributed by atoms with Crippen LogP contribution < -0.4 is 11.3 Å². The summed E-state index contributed by atoms with van der Waals surface area (Å²) in [5.74, 6) is -0.289. The summed E-state index contributed by atoms with van der Waals surface area (Å²) >= 11 is 0. The smallest absolute Gasteiger partial charge is 0.168 e. The van der Waals surface area contributed by atoms with Crippen LogP contribution in [0.5, 0.6) is 0 Å². The summed E-state index contributed by atoms with van der Waals surface area (Å²) in [5.41, 5.74) is 5.90. The van der Waals surface area contributed by atoms with Gasteiger partial charge >= 0.3 is 0 Å². The van der Waals surface area contributed by atoms with E-state index >= 15 is 0 Å². The van der Waals surface area contributed by atoms with Crippen LogP contribution in [0.2, 0.25) is 0 Å². The molecule has 0 spiro atoms. The van der Waals surface area contributed by atoms with Gasteiger partial charge in [0.05, 0.1) is 6.54 Å². The first-order valence-electron chi connectivity index (χ1n) is 3.63. The highest BCUT2D eigenvalue weighted by molar-refractivity contribution is 6.30. The summed E-state index contributed by atoms with van der Waals surface area (Å²) in [7, 11) is 1.80. The number of nitrogens with zero attached hydrogens (tertiary/aromatic N) is 3. The second kappa shape index (κ2) is 4.01. The fourth-order valence-electron chi connectivity index (χ4n) is 0.820. The van der Waals surface area contributed by atoms with Gasteiger partial charge in [0, 0.05) is 18.3 Å². The van der Waals surface area contributed by atoms with E-state index in [4.69, 9.17) is 5.73 Å². The molecule has 0 aliphatic rings. The monoisotopic (exact) mass is 168 g/mol. The van der Waals surface area contributed by atoms with Gasteiger partial charge in [0.15, 0.2) is 7.85 Å². The fraction of sp³-hybridized carbons (Fsp3) is 0.333. The second-order valence-corrected chi connectivity index (χ2v) is 2.44. The van der Waals surface area contributed by atoms with Gasteiger partial charge in [-0.2, -0.15) is 0 Å². The second-order valence-electron chi connectivity index (χ2n) is 2.44. The summed E-state index contributed by atoms with van der Waals surface area (Å²) in [6.07, 6.45) is 2.99. The molecule has 12 heavy (non-hydrogen) atoms. The van der Waals surface area contributed by atoms with Crippen LogP contribution in [0.4, 0.5) is 4.39 Å². The Morgan fingerprint density at radius 1 is 1.83 bits per heavy atom. The molecule has 4 nitrogen and oxygen atoms in total. The average molecular weight is 168 g/mol. The van der Waals surface area contributed by atoms with Crippen LogP contribution >= 0.6 is 0 Å². The fourth-order valence-corrected chi connectivity index (χ4v) is 0.820. The first-order valence-corrected chi connectivity index (χ1v) is 3.63. The van der Waals surface area contributed by atoms with Gasteiger partial charge in [0.25, 0.3) is 0 Å². The maximum Gasteiger partial charge on any atom is 0.168 e. The third-order valence-corrected chi connectivity index (χ3v) is 1.31. The van der Waals surface area contributed by atoms with Crippen molar-refractivity contribution < 1.29 is 4.39 Å². The van der Waals surface area contributed by atoms with Crippen LogP contribution in [-0.2, 0) is 6.54 Å². The molecule has 0 bridgehead atoms. The molecule has 1 rings (SSSR count). The van der Waals surface area contributed by atoms with Gasteiger partial charge in [-0.3, -0.25) is 0 Å². The summed E-state index contributed by atoms with van der Waals surface area (Å²) in [4.78, 5) is 0. The highest BCUT2D eigenvalue weighted by Gasteiger charge is 1.98. The standard InChI is InChI=1S/C6H10BFN4/c7-6-4-12(11-10-6)3-5(8)1-2-9/h1,4H,2-3,7,9H2/b5-1-. The Balaban J connectivity index is 2.58. The molecular formula is C6H10BFN4. The van der Waals surface area contributed by atoms with Crippen molar-refractivity contribution in [2.45, 2.75) is 6.54 Å². The van der Waals surface area contributed by atoms with Gasteiger partial charge in [0.1, 0.15) is 5.83 Å². The van der Waals surface area contributed by atoms with Crippen LogP contribution in [0.25, 0.3) is 0 Å². The lowest BCUT2D eigenvalue weighted by Gasteiger charge is -1.95. The SMILES string of the molecule is Bc1cn(C/C(F)=C/CN)nn1. The van der Waals surface area contributed by atoms with Crippen LogP contribution in [0.15, 0.2) is 18.1 Å². The quantitative estimate of drug-likeness (QED) is 0.550. The average Bonchev–Trinajstić information content (AvgIpc) is 2.36. The lowest BCUT2D eigenvalue weighted by atomic mass is 10.1. The van der Waals surface area contributed by atoms with Crippen molar-refractivity contribution in [1.82, 2.24) is 15.0 Å². The number of allylic oxidation sites excluding steroid dienone is 1. The van der Waals surface area contributed by atoms with Crippen LogP contribution in [-0.4, -0.2) is 29.4 Å². The minimum absolute atomic E-state index is 0.109. The zero-order chi connectivity index (χ0) is 8.97. The van der Waals surface area contributed by atoms with Gasteiger partial charge in [-0.1, -0.05) is 5.21 Å². The molecule has 6 heteroatoms. The van der Waals surface area contributed by atoms with E-state index in [2.05, 4.69) is 10.3 Å². The molecule has 0 aliphatic carbocycles. The highest BCUT2D eigenvalue weighted by Crippen LogP contribution is 1.97. The molecule has 1 aromatic heterocycles. The molecule has 0 radical (unpaired) electrons. The largest absolute Gasteiger partial charge is 0.327 e. The molecular weight excluding hydrogens is 158 g/mol.